The predicted molar refractivity (Wildman–Crippen MR) is 76.7 cm³/mol. The predicted octanol–water partition coefficient (Wildman–Crippen LogP) is 3.79. The van der Waals surface area contributed by atoms with Gasteiger partial charge in [-0.05, 0) is 44.5 Å². The Kier molecular flexibility index (Phi) is 3.56. The third kappa shape index (κ3) is 2.39. The summed E-state index contributed by atoms with van der Waals surface area (Å²) in [5, 5.41) is 1.08. The van der Waals surface area contributed by atoms with E-state index in [9.17, 15) is 4.39 Å². The van der Waals surface area contributed by atoms with Crippen LogP contribution in [-0.4, -0.2) is 22.6 Å². The molecule has 1 aromatic carbocycles. The van der Waals surface area contributed by atoms with E-state index < -0.39 is 0 Å². The van der Waals surface area contributed by atoms with E-state index in [0.717, 1.165) is 24.0 Å². The van der Waals surface area contributed by atoms with E-state index in [1.807, 2.05) is 16.7 Å². The average Bonchev–Trinajstić information content (AvgIpc) is 2.80. The van der Waals surface area contributed by atoms with E-state index in [1.54, 1.807) is 6.07 Å². The summed E-state index contributed by atoms with van der Waals surface area (Å²) in [5.74, 6) is -0.107. The van der Waals surface area contributed by atoms with Crippen molar-refractivity contribution in [3.63, 3.8) is 0 Å². The number of halogens is 1. The van der Waals surface area contributed by atoms with Gasteiger partial charge in [0.1, 0.15) is 5.82 Å². The van der Waals surface area contributed by atoms with Crippen LogP contribution in [0.2, 0.25) is 0 Å². The fourth-order valence-corrected chi connectivity index (χ4v) is 3.12. The molecule has 0 saturated carbocycles. The van der Waals surface area contributed by atoms with Crippen molar-refractivity contribution < 1.29 is 4.39 Å². The first-order chi connectivity index (χ1) is 9.29. The molecule has 0 amide bonds. The number of fused-ring (bicyclic) bond motifs is 1. The van der Waals surface area contributed by atoms with Gasteiger partial charge in [0.15, 0.2) is 0 Å². The maximum atomic E-state index is 14.0. The molecule has 0 radical (unpaired) electrons. The smallest absolute Gasteiger partial charge is 0.147 e. The van der Waals surface area contributed by atoms with Crippen LogP contribution in [0.3, 0.4) is 0 Å². The lowest BCUT2D eigenvalue weighted by atomic mass is 10.1. The van der Waals surface area contributed by atoms with E-state index in [1.165, 1.54) is 37.9 Å². The first kappa shape index (κ1) is 12.7. The van der Waals surface area contributed by atoms with E-state index >= 15 is 0 Å². The molecular weight excluding hydrogens is 239 g/mol. The molecule has 0 unspecified atom stereocenters. The first-order valence-electron chi connectivity index (χ1n) is 7.28. The lowest BCUT2D eigenvalue weighted by Gasteiger charge is -2.26. The second kappa shape index (κ2) is 5.33. The van der Waals surface area contributed by atoms with Crippen LogP contribution < -0.4 is 0 Å². The molecule has 102 valence electrons. The van der Waals surface area contributed by atoms with Gasteiger partial charge in [0, 0.05) is 24.7 Å². The Morgan fingerprint density at radius 2 is 1.95 bits per heavy atom. The molecule has 1 aromatic heterocycles. The van der Waals surface area contributed by atoms with Gasteiger partial charge in [-0.3, -0.25) is 4.90 Å². The maximum Gasteiger partial charge on any atom is 0.147 e. The summed E-state index contributed by atoms with van der Waals surface area (Å²) in [7, 11) is 0. The number of para-hydroxylation sites is 1. The largest absolute Gasteiger partial charge is 0.345 e. The third-order valence-electron chi connectivity index (χ3n) is 4.11. The summed E-state index contributed by atoms with van der Waals surface area (Å²) in [4.78, 5) is 2.49. The Hall–Kier alpha value is -1.35. The Balaban J connectivity index is 1.96. The van der Waals surface area contributed by atoms with E-state index in [0.29, 0.717) is 0 Å². The van der Waals surface area contributed by atoms with Crippen molar-refractivity contribution in [2.45, 2.75) is 39.3 Å². The summed E-state index contributed by atoms with van der Waals surface area (Å²) < 4.78 is 16.0. The second-order valence-electron chi connectivity index (χ2n) is 5.41. The van der Waals surface area contributed by atoms with Gasteiger partial charge in [0.05, 0.1) is 5.52 Å². The molecule has 0 aliphatic carbocycles. The van der Waals surface area contributed by atoms with Gasteiger partial charge in [0.25, 0.3) is 0 Å². The summed E-state index contributed by atoms with van der Waals surface area (Å²) in [5.41, 5.74) is 2.02. The fraction of sp³-hybridized carbons (Fsp3) is 0.500. The number of aromatic nitrogens is 1. The van der Waals surface area contributed by atoms with Gasteiger partial charge in [-0.25, -0.2) is 4.39 Å². The van der Waals surface area contributed by atoms with Gasteiger partial charge >= 0.3 is 0 Å². The van der Waals surface area contributed by atoms with Gasteiger partial charge in [-0.2, -0.15) is 0 Å². The fourth-order valence-electron chi connectivity index (χ4n) is 3.12. The molecule has 0 N–H and O–H groups in total. The molecule has 0 bridgehead atoms. The van der Waals surface area contributed by atoms with Crippen LogP contribution in [0, 0.1) is 5.82 Å². The van der Waals surface area contributed by atoms with Crippen molar-refractivity contribution in [1.82, 2.24) is 9.47 Å². The van der Waals surface area contributed by atoms with E-state index in [4.69, 9.17) is 0 Å². The Labute approximate surface area is 113 Å². The SMILES string of the molecule is CCn1cc(CN2CCCCC2)c2cccc(F)c21. The lowest BCUT2D eigenvalue weighted by Crippen LogP contribution is -2.28. The molecule has 0 spiro atoms. The van der Waals surface area contributed by atoms with Gasteiger partial charge in [0.2, 0.25) is 0 Å². The summed E-state index contributed by atoms with van der Waals surface area (Å²) in [6.45, 7) is 6.18. The van der Waals surface area contributed by atoms with Crippen molar-refractivity contribution in [1.29, 1.82) is 0 Å². The molecule has 1 aliphatic heterocycles. The van der Waals surface area contributed by atoms with Crippen LogP contribution in [0.4, 0.5) is 4.39 Å². The van der Waals surface area contributed by atoms with Crippen LogP contribution in [0.1, 0.15) is 31.7 Å². The number of rotatable bonds is 3. The number of aryl methyl sites for hydroxylation is 1. The minimum absolute atomic E-state index is 0.107. The lowest BCUT2D eigenvalue weighted by molar-refractivity contribution is 0.221. The van der Waals surface area contributed by atoms with Gasteiger partial charge < -0.3 is 4.57 Å². The molecule has 2 heterocycles. The van der Waals surface area contributed by atoms with Crippen molar-refractivity contribution in [3.8, 4) is 0 Å². The molecule has 3 rings (SSSR count). The quantitative estimate of drug-likeness (QED) is 0.815. The highest BCUT2D eigenvalue weighted by Gasteiger charge is 2.15. The number of likely N-dealkylation sites (tertiary alicyclic amines) is 1. The number of nitrogens with zero attached hydrogens (tertiary/aromatic N) is 2. The van der Waals surface area contributed by atoms with Crippen LogP contribution in [0.25, 0.3) is 10.9 Å². The summed E-state index contributed by atoms with van der Waals surface area (Å²) in [6, 6.07) is 5.42. The van der Waals surface area contributed by atoms with Gasteiger partial charge in [-0.1, -0.05) is 18.6 Å². The zero-order valence-electron chi connectivity index (χ0n) is 11.5. The van der Waals surface area contributed by atoms with Crippen LogP contribution in [0.15, 0.2) is 24.4 Å². The Morgan fingerprint density at radius 1 is 1.16 bits per heavy atom. The van der Waals surface area contributed by atoms with E-state index in [2.05, 4.69) is 18.0 Å². The minimum Gasteiger partial charge on any atom is -0.345 e. The van der Waals surface area contributed by atoms with Crippen molar-refractivity contribution in [2.24, 2.45) is 0 Å². The molecule has 1 aliphatic rings. The topological polar surface area (TPSA) is 8.17 Å². The monoisotopic (exact) mass is 260 g/mol. The highest BCUT2D eigenvalue weighted by Crippen LogP contribution is 2.26. The van der Waals surface area contributed by atoms with Crippen LogP contribution in [-0.2, 0) is 13.1 Å². The average molecular weight is 260 g/mol. The molecular formula is C16H21FN2. The normalized spacial score (nSPS) is 17.2. The number of hydrogen-bond acceptors (Lipinski definition) is 1. The zero-order chi connectivity index (χ0) is 13.2. The number of piperidine rings is 1. The highest BCUT2D eigenvalue weighted by atomic mass is 19.1. The number of benzene rings is 1. The molecule has 0 atom stereocenters. The maximum absolute atomic E-state index is 14.0. The third-order valence-corrected chi connectivity index (χ3v) is 4.11. The van der Waals surface area contributed by atoms with Crippen molar-refractivity contribution >= 4 is 10.9 Å². The standard InChI is InChI=1S/C16H21FN2/c1-2-19-12-13(11-18-9-4-3-5-10-18)14-7-6-8-15(17)16(14)19/h6-8,12H,2-5,9-11H2,1H3. The molecule has 19 heavy (non-hydrogen) atoms. The Bertz CT molecular complexity index is 567. The summed E-state index contributed by atoms with van der Waals surface area (Å²) in [6.07, 6.45) is 6.06. The molecule has 1 fully saturated rings. The summed E-state index contributed by atoms with van der Waals surface area (Å²) >= 11 is 0. The molecule has 2 aromatic rings. The highest BCUT2D eigenvalue weighted by molar-refractivity contribution is 5.84. The second-order valence-corrected chi connectivity index (χ2v) is 5.41. The van der Waals surface area contributed by atoms with Crippen molar-refractivity contribution in [2.75, 3.05) is 13.1 Å². The van der Waals surface area contributed by atoms with Crippen LogP contribution >= 0.6 is 0 Å². The van der Waals surface area contributed by atoms with E-state index in [-0.39, 0.29) is 5.82 Å². The minimum atomic E-state index is -0.107. The Morgan fingerprint density at radius 3 is 2.68 bits per heavy atom. The number of hydrogen-bond donors (Lipinski definition) is 0. The van der Waals surface area contributed by atoms with Crippen LogP contribution in [0.5, 0.6) is 0 Å². The first-order valence-corrected chi connectivity index (χ1v) is 7.28. The molecule has 3 heteroatoms. The zero-order valence-corrected chi connectivity index (χ0v) is 11.5. The molecule has 2 nitrogen and oxygen atoms in total. The van der Waals surface area contributed by atoms with Crippen molar-refractivity contribution in [3.05, 3.63) is 35.8 Å². The molecule has 1 saturated heterocycles. The van der Waals surface area contributed by atoms with Gasteiger partial charge in [-0.15, -0.1) is 0 Å².